The summed E-state index contributed by atoms with van der Waals surface area (Å²) in [6.45, 7) is 5.81. The summed E-state index contributed by atoms with van der Waals surface area (Å²) in [6.07, 6.45) is 0. The Morgan fingerprint density at radius 3 is 2.44 bits per heavy atom. The zero-order valence-electron chi connectivity index (χ0n) is 15.4. The molecule has 1 aromatic heterocycles. The van der Waals surface area contributed by atoms with Crippen molar-refractivity contribution in [1.29, 1.82) is 0 Å². The Morgan fingerprint density at radius 1 is 1.15 bits per heavy atom. The fraction of sp³-hybridized carbons (Fsp3) is 0.238. The van der Waals surface area contributed by atoms with Crippen LogP contribution in [0.15, 0.2) is 53.9 Å². The fourth-order valence-electron chi connectivity index (χ4n) is 2.63. The molecule has 0 aliphatic heterocycles. The van der Waals surface area contributed by atoms with Crippen molar-refractivity contribution in [3.05, 3.63) is 65.4 Å². The predicted octanol–water partition coefficient (Wildman–Crippen LogP) is 5.23. The molecule has 4 nitrogen and oxygen atoms in total. The van der Waals surface area contributed by atoms with Gasteiger partial charge in [0.2, 0.25) is 5.91 Å². The molecule has 0 aliphatic carbocycles. The van der Waals surface area contributed by atoms with Gasteiger partial charge in [-0.15, -0.1) is 11.3 Å². The number of aromatic nitrogens is 1. The molecule has 0 fully saturated rings. The highest BCUT2D eigenvalue weighted by atomic mass is 32.1. The number of phenolic OH excluding ortho intramolecular Hbond substituents is 1. The number of carbonyl (C=O) groups excluding carboxylic acids is 1. The SMILES string of the molecule is CC(C)(C)C(=O)N(Cc1csc(-c2ccccc2O)n1)c1ccc(F)cc1. The monoisotopic (exact) mass is 384 g/mol. The van der Waals surface area contributed by atoms with Crippen molar-refractivity contribution in [2.45, 2.75) is 27.3 Å². The summed E-state index contributed by atoms with van der Waals surface area (Å²) in [4.78, 5) is 19.1. The van der Waals surface area contributed by atoms with Gasteiger partial charge in [0.25, 0.3) is 0 Å². The largest absolute Gasteiger partial charge is 0.507 e. The van der Waals surface area contributed by atoms with E-state index in [1.807, 2.05) is 32.2 Å². The molecule has 0 atom stereocenters. The standard InChI is InChI=1S/C21H21FN2O2S/c1-21(2,3)20(26)24(16-10-8-14(22)9-11-16)12-15-13-27-19(23-15)17-6-4-5-7-18(17)25/h4-11,13,25H,12H2,1-3H3. The quantitative estimate of drug-likeness (QED) is 0.670. The van der Waals surface area contributed by atoms with Gasteiger partial charge in [0.05, 0.1) is 17.8 Å². The molecule has 0 aliphatic rings. The molecule has 27 heavy (non-hydrogen) atoms. The third kappa shape index (κ3) is 4.34. The first-order chi connectivity index (χ1) is 12.8. The van der Waals surface area contributed by atoms with Gasteiger partial charge >= 0.3 is 0 Å². The van der Waals surface area contributed by atoms with Crippen molar-refractivity contribution in [2.24, 2.45) is 5.41 Å². The third-order valence-corrected chi connectivity index (χ3v) is 4.96. The number of para-hydroxylation sites is 1. The van der Waals surface area contributed by atoms with Crippen molar-refractivity contribution < 1.29 is 14.3 Å². The van der Waals surface area contributed by atoms with Crippen LogP contribution in [-0.4, -0.2) is 16.0 Å². The second-order valence-corrected chi connectivity index (χ2v) is 8.14. The van der Waals surface area contributed by atoms with E-state index < -0.39 is 5.41 Å². The predicted molar refractivity (Wildman–Crippen MR) is 106 cm³/mol. The van der Waals surface area contributed by atoms with Crippen molar-refractivity contribution >= 4 is 22.9 Å². The van der Waals surface area contributed by atoms with Gasteiger partial charge in [0, 0.05) is 16.5 Å². The molecule has 0 radical (unpaired) electrons. The summed E-state index contributed by atoms with van der Waals surface area (Å²) in [5, 5.41) is 12.6. The fourth-order valence-corrected chi connectivity index (χ4v) is 3.47. The lowest BCUT2D eigenvalue weighted by Crippen LogP contribution is -2.39. The number of amides is 1. The summed E-state index contributed by atoms with van der Waals surface area (Å²) in [5.74, 6) is -0.261. The van der Waals surface area contributed by atoms with Gasteiger partial charge in [0.1, 0.15) is 16.6 Å². The Bertz CT molecular complexity index is 945. The number of benzene rings is 2. The molecule has 1 N–H and O–H groups in total. The van der Waals surface area contributed by atoms with E-state index in [4.69, 9.17) is 0 Å². The smallest absolute Gasteiger partial charge is 0.232 e. The highest BCUT2D eigenvalue weighted by Gasteiger charge is 2.29. The van der Waals surface area contributed by atoms with E-state index in [2.05, 4.69) is 4.98 Å². The maximum absolute atomic E-state index is 13.3. The van der Waals surface area contributed by atoms with Crippen LogP contribution < -0.4 is 4.90 Å². The van der Waals surface area contributed by atoms with Crippen LogP contribution in [0.3, 0.4) is 0 Å². The van der Waals surface area contributed by atoms with Crippen LogP contribution in [-0.2, 0) is 11.3 Å². The minimum atomic E-state index is -0.592. The molecular formula is C21H21FN2O2S. The van der Waals surface area contributed by atoms with Gasteiger partial charge in [-0.3, -0.25) is 4.79 Å². The first kappa shape index (κ1) is 19.0. The van der Waals surface area contributed by atoms with Crippen molar-refractivity contribution in [3.63, 3.8) is 0 Å². The average Bonchev–Trinajstić information content (AvgIpc) is 3.08. The molecule has 3 rings (SSSR count). The number of halogens is 1. The van der Waals surface area contributed by atoms with Crippen LogP contribution in [0.25, 0.3) is 10.6 Å². The first-order valence-electron chi connectivity index (χ1n) is 8.56. The van der Waals surface area contributed by atoms with Crippen LogP contribution in [0.1, 0.15) is 26.5 Å². The average molecular weight is 384 g/mol. The molecule has 6 heteroatoms. The molecule has 0 bridgehead atoms. The lowest BCUT2D eigenvalue weighted by atomic mass is 9.94. The molecule has 0 spiro atoms. The molecule has 3 aromatic rings. The minimum absolute atomic E-state index is 0.0776. The van der Waals surface area contributed by atoms with E-state index in [1.54, 1.807) is 35.2 Å². The molecule has 1 heterocycles. The molecule has 2 aromatic carbocycles. The Hall–Kier alpha value is -2.73. The zero-order chi connectivity index (χ0) is 19.6. The van der Waals surface area contributed by atoms with Crippen LogP contribution in [0.5, 0.6) is 5.75 Å². The van der Waals surface area contributed by atoms with Gasteiger partial charge in [0.15, 0.2) is 0 Å². The number of thiazole rings is 1. The number of phenols is 1. The van der Waals surface area contributed by atoms with E-state index in [1.165, 1.54) is 23.5 Å². The van der Waals surface area contributed by atoms with Gasteiger partial charge < -0.3 is 10.0 Å². The van der Waals surface area contributed by atoms with Crippen molar-refractivity contribution in [2.75, 3.05) is 4.90 Å². The van der Waals surface area contributed by atoms with Crippen molar-refractivity contribution in [1.82, 2.24) is 4.98 Å². The van der Waals surface area contributed by atoms with Crippen LogP contribution >= 0.6 is 11.3 Å². The number of carbonyl (C=O) groups is 1. The Balaban J connectivity index is 1.92. The summed E-state index contributed by atoms with van der Waals surface area (Å²) in [5.41, 5.74) is 1.39. The normalized spacial score (nSPS) is 11.4. The maximum Gasteiger partial charge on any atom is 0.232 e. The zero-order valence-corrected chi connectivity index (χ0v) is 16.3. The number of hydrogen-bond acceptors (Lipinski definition) is 4. The van der Waals surface area contributed by atoms with Gasteiger partial charge in [-0.25, -0.2) is 9.37 Å². The van der Waals surface area contributed by atoms with Gasteiger partial charge in [-0.1, -0.05) is 32.9 Å². The van der Waals surface area contributed by atoms with Gasteiger partial charge in [-0.2, -0.15) is 0 Å². The lowest BCUT2D eigenvalue weighted by molar-refractivity contribution is -0.125. The van der Waals surface area contributed by atoms with E-state index in [0.29, 0.717) is 22.0 Å². The highest BCUT2D eigenvalue weighted by Crippen LogP contribution is 2.32. The second kappa shape index (κ2) is 7.48. The third-order valence-electron chi connectivity index (χ3n) is 4.03. The van der Waals surface area contributed by atoms with Crippen LogP contribution in [0, 0.1) is 11.2 Å². The molecule has 1 amide bonds. The summed E-state index contributed by atoms with van der Waals surface area (Å²) in [7, 11) is 0. The number of hydrogen-bond donors (Lipinski definition) is 1. The van der Waals surface area contributed by atoms with Crippen molar-refractivity contribution in [3.8, 4) is 16.3 Å². The summed E-state index contributed by atoms with van der Waals surface area (Å²) in [6, 6.07) is 12.9. The van der Waals surface area contributed by atoms with Crippen LogP contribution in [0.2, 0.25) is 0 Å². The summed E-state index contributed by atoms with van der Waals surface area (Å²) >= 11 is 1.41. The second-order valence-electron chi connectivity index (χ2n) is 7.28. The first-order valence-corrected chi connectivity index (χ1v) is 9.44. The molecule has 0 saturated heterocycles. The highest BCUT2D eigenvalue weighted by molar-refractivity contribution is 7.13. The molecule has 0 saturated carbocycles. The number of rotatable bonds is 4. The Labute approximate surface area is 161 Å². The molecule has 140 valence electrons. The van der Waals surface area contributed by atoms with Crippen LogP contribution in [0.4, 0.5) is 10.1 Å². The summed E-state index contributed by atoms with van der Waals surface area (Å²) < 4.78 is 13.3. The molecular weight excluding hydrogens is 363 g/mol. The Kier molecular flexibility index (Phi) is 5.28. The molecule has 0 unspecified atom stereocenters. The number of nitrogens with zero attached hydrogens (tertiary/aromatic N) is 2. The number of anilines is 1. The van der Waals surface area contributed by atoms with E-state index in [9.17, 15) is 14.3 Å². The minimum Gasteiger partial charge on any atom is -0.507 e. The topological polar surface area (TPSA) is 53.4 Å². The maximum atomic E-state index is 13.3. The Morgan fingerprint density at radius 2 is 1.81 bits per heavy atom. The van der Waals surface area contributed by atoms with E-state index >= 15 is 0 Å². The lowest BCUT2D eigenvalue weighted by Gasteiger charge is -2.29. The van der Waals surface area contributed by atoms with Gasteiger partial charge in [-0.05, 0) is 36.4 Å². The number of aromatic hydroxyl groups is 1. The van der Waals surface area contributed by atoms with E-state index in [0.717, 1.165) is 0 Å². The van der Waals surface area contributed by atoms with E-state index in [-0.39, 0.29) is 24.0 Å².